The Kier molecular flexibility index (Phi) is 7.66. The number of esters is 1. The van der Waals surface area contributed by atoms with Crippen molar-refractivity contribution in [3.8, 4) is 11.5 Å². The predicted octanol–water partition coefficient (Wildman–Crippen LogP) is 5.20. The minimum absolute atomic E-state index is 0.148. The second-order valence-electron chi connectivity index (χ2n) is 5.63. The number of nitrogens with one attached hydrogen (secondary N) is 1. The molecule has 5 nitrogen and oxygen atoms in total. The summed E-state index contributed by atoms with van der Waals surface area (Å²) < 4.78 is 11.8. The summed E-state index contributed by atoms with van der Waals surface area (Å²) in [5.41, 5.74) is 0.850. The van der Waals surface area contributed by atoms with Gasteiger partial charge in [0.25, 0.3) is 0 Å². The van der Waals surface area contributed by atoms with Gasteiger partial charge in [0.2, 0.25) is 5.91 Å². The van der Waals surface area contributed by atoms with E-state index in [9.17, 15) is 9.59 Å². The molecule has 1 N–H and O–H groups in total. The highest BCUT2D eigenvalue weighted by atomic mass is 79.9. The average molecular weight is 420 g/mol. The van der Waals surface area contributed by atoms with Crippen LogP contribution in [0.25, 0.3) is 0 Å². The molecule has 0 aliphatic rings. The zero-order chi connectivity index (χ0) is 18.9. The number of carbonyl (C=O) groups excluding carboxylic acids is 2. The first kappa shape index (κ1) is 20.0. The monoisotopic (exact) mass is 419 g/mol. The Hall–Kier alpha value is -2.34. The van der Waals surface area contributed by atoms with Crippen LogP contribution in [0.15, 0.2) is 46.9 Å². The van der Waals surface area contributed by atoms with Crippen LogP contribution in [-0.2, 0) is 4.79 Å². The van der Waals surface area contributed by atoms with Gasteiger partial charge in [0, 0.05) is 6.42 Å². The SMILES string of the molecule is CCCCOc1ccc(C(=O)Oc2ccccc2NC(=O)CC)cc1Br. The summed E-state index contributed by atoms with van der Waals surface area (Å²) in [6.07, 6.45) is 2.36. The van der Waals surface area contributed by atoms with E-state index in [0.29, 0.717) is 40.3 Å². The number of anilines is 1. The van der Waals surface area contributed by atoms with E-state index < -0.39 is 5.97 Å². The van der Waals surface area contributed by atoms with Crippen LogP contribution in [0.5, 0.6) is 11.5 Å². The molecule has 0 heterocycles. The summed E-state index contributed by atoms with van der Waals surface area (Å²) in [7, 11) is 0. The summed E-state index contributed by atoms with van der Waals surface area (Å²) in [6, 6.07) is 11.9. The summed E-state index contributed by atoms with van der Waals surface area (Å²) in [6.45, 7) is 4.48. The molecule has 0 saturated carbocycles. The van der Waals surface area contributed by atoms with E-state index in [1.165, 1.54) is 0 Å². The standard InChI is InChI=1S/C20H22BrNO4/c1-3-5-12-25-17-11-10-14(13-15(17)21)20(24)26-18-9-7-6-8-16(18)22-19(23)4-2/h6-11,13H,3-5,12H2,1-2H3,(H,22,23). The number of unbranched alkanes of at least 4 members (excludes halogenated alkanes) is 1. The topological polar surface area (TPSA) is 64.6 Å². The molecule has 0 aromatic heterocycles. The number of hydrogen-bond donors (Lipinski definition) is 1. The zero-order valence-corrected chi connectivity index (χ0v) is 16.5. The second kappa shape index (κ2) is 9.97. The molecule has 2 aromatic carbocycles. The van der Waals surface area contributed by atoms with Gasteiger partial charge in [-0.2, -0.15) is 0 Å². The van der Waals surface area contributed by atoms with Gasteiger partial charge >= 0.3 is 5.97 Å². The van der Waals surface area contributed by atoms with Crippen LogP contribution in [0.3, 0.4) is 0 Å². The number of ether oxygens (including phenoxy) is 2. The minimum atomic E-state index is -0.510. The van der Waals surface area contributed by atoms with E-state index in [-0.39, 0.29) is 5.91 Å². The van der Waals surface area contributed by atoms with Crippen molar-refractivity contribution >= 4 is 33.5 Å². The summed E-state index contributed by atoms with van der Waals surface area (Å²) in [4.78, 5) is 24.1. The first-order valence-electron chi connectivity index (χ1n) is 8.58. The fraction of sp³-hybridized carbons (Fsp3) is 0.300. The van der Waals surface area contributed by atoms with Gasteiger partial charge in [0.15, 0.2) is 5.75 Å². The lowest BCUT2D eigenvalue weighted by molar-refractivity contribution is -0.115. The van der Waals surface area contributed by atoms with Gasteiger partial charge in [0.1, 0.15) is 5.75 Å². The van der Waals surface area contributed by atoms with Gasteiger partial charge in [-0.05, 0) is 52.7 Å². The fourth-order valence-corrected chi connectivity index (χ4v) is 2.62. The van der Waals surface area contributed by atoms with Crippen LogP contribution < -0.4 is 14.8 Å². The number of hydrogen-bond acceptors (Lipinski definition) is 4. The van der Waals surface area contributed by atoms with Crippen molar-refractivity contribution in [2.45, 2.75) is 33.1 Å². The highest BCUT2D eigenvalue weighted by Gasteiger charge is 2.14. The van der Waals surface area contributed by atoms with Crippen molar-refractivity contribution < 1.29 is 19.1 Å². The van der Waals surface area contributed by atoms with E-state index in [4.69, 9.17) is 9.47 Å². The first-order valence-corrected chi connectivity index (χ1v) is 9.37. The summed E-state index contributed by atoms with van der Waals surface area (Å²) >= 11 is 3.42. The molecule has 2 rings (SSSR count). The molecule has 1 amide bonds. The minimum Gasteiger partial charge on any atom is -0.492 e. The summed E-state index contributed by atoms with van der Waals surface area (Å²) in [5, 5.41) is 2.72. The Bertz CT molecular complexity index is 776. The molecule has 0 aliphatic carbocycles. The van der Waals surface area contributed by atoms with Crippen molar-refractivity contribution in [2.75, 3.05) is 11.9 Å². The maximum absolute atomic E-state index is 12.4. The predicted molar refractivity (Wildman–Crippen MR) is 105 cm³/mol. The molecule has 0 atom stereocenters. The van der Waals surface area contributed by atoms with Gasteiger partial charge in [-0.1, -0.05) is 32.4 Å². The van der Waals surface area contributed by atoms with Crippen LogP contribution in [0.2, 0.25) is 0 Å². The van der Waals surface area contributed by atoms with Crippen LogP contribution in [0.4, 0.5) is 5.69 Å². The number of benzene rings is 2. The van der Waals surface area contributed by atoms with Gasteiger partial charge in [-0.3, -0.25) is 4.79 Å². The van der Waals surface area contributed by atoms with E-state index in [1.54, 1.807) is 49.4 Å². The molecule has 0 aliphatic heterocycles. The molecule has 0 spiro atoms. The molecule has 0 unspecified atom stereocenters. The van der Waals surface area contributed by atoms with E-state index in [2.05, 4.69) is 28.2 Å². The highest BCUT2D eigenvalue weighted by Crippen LogP contribution is 2.28. The number of para-hydroxylation sites is 2. The van der Waals surface area contributed by atoms with E-state index in [0.717, 1.165) is 12.8 Å². The highest BCUT2D eigenvalue weighted by molar-refractivity contribution is 9.10. The Balaban J connectivity index is 2.10. The lowest BCUT2D eigenvalue weighted by Crippen LogP contribution is -2.13. The lowest BCUT2D eigenvalue weighted by Gasteiger charge is -2.12. The van der Waals surface area contributed by atoms with Crippen molar-refractivity contribution in [3.05, 3.63) is 52.5 Å². The molecule has 0 radical (unpaired) electrons. The van der Waals surface area contributed by atoms with Gasteiger partial charge in [-0.25, -0.2) is 4.79 Å². The van der Waals surface area contributed by atoms with E-state index >= 15 is 0 Å². The Labute approximate surface area is 161 Å². The van der Waals surface area contributed by atoms with Crippen LogP contribution in [0.1, 0.15) is 43.5 Å². The summed E-state index contributed by atoms with van der Waals surface area (Å²) in [5.74, 6) is 0.332. The Morgan fingerprint density at radius 2 is 1.85 bits per heavy atom. The molecule has 6 heteroatoms. The molecule has 0 fully saturated rings. The third-order valence-corrected chi connectivity index (χ3v) is 4.23. The molecule has 138 valence electrons. The molecule has 0 saturated heterocycles. The van der Waals surface area contributed by atoms with Crippen LogP contribution >= 0.6 is 15.9 Å². The Morgan fingerprint density at radius 1 is 1.08 bits per heavy atom. The second-order valence-corrected chi connectivity index (χ2v) is 6.49. The normalized spacial score (nSPS) is 10.3. The van der Waals surface area contributed by atoms with Crippen molar-refractivity contribution in [3.63, 3.8) is 0 Å². The fourth-order valence-electron chi connectivity index (χ4n) is 2.13. The molecular formula is C20H22BrNO4. The van der Waals surface area contributed by atoms with Crippen LogP contribution in [0, 0.1) is 0 Å². The largest absolute Gasteiger partial charge is 0.492 e. The number of amides is 1. The maximum Gasteiger partial charge on any atom is 0.343 e. The van der Waals surface area contributed by atoms with Crippen molar-refractivity contribution in [1.82, 2.24) is 0 Å². The smallest absolute Gasteiger partial charge is 0.343 e. The van der Waals surface area contributed by atoms with E-state index in [1.807, 2.05) is 0 Å². The van der Waals surface area contributed by atoms with Crippen molar-refractivity contribution in [2.24, 2.45) is 0 Å². The van der Waals surface area contributed by atoms with Gasteiger partial charge in [0.05, 0.1) is 22.3 Å². The number of rotatable bonds is 8. The van der Waals surface area contributed by atoms with Gasteiger partial charge < -0.3 is 14.8 Å². The number of carbonyl (C=O) groups is 2. The quantitative estimate of drug-likeness (QED) is 0.362. The van der Waals surface area contributed by atoms with Gasteiger partial charge in [-0.15, -0.1) is 0 Å². The zero-order valence-electron chi connectivity index (χ0n) is 14.9. The third kappa shape index (κ3) is 5.59. The van der Waals surface area contributed by atoms with Crippen molar-refractivity contribution in [1.29, 1.82) is 0 Å². The molecular weight excluding hydrogens is 398 g/mol. The first-order chi connectivity index (χ1) is 12.5. The Morgan fingerprint density at radius 3 is 2.54 bits per heavy atom. The van der Waals surface area contributed by atoms with Crippen LogP contribution in [-0.4, -0.2) is 18.5 Å². The average Bonchev–Trinajstić information content (AvgIpc) is 2.64. The number of halogens is 1. The maximum atomic E-state index is 12.4. The molecule has 26 heavy (non-hydrogen) atoms. The molecule has 0 bridgehead atoms. The third-order valence-electron chi connectivity index (χ3n) is 3.61. The molecule has 2 aromatic rings. The lowest BCUT2D eigenvalue weighted by atomic mass is 10.2.